The van der Waals surface area contributed by atoms with Crippen LogP contribution < -0.4 is 5.73 Å². The Hall–Kier alpha value is -1.36. The number of imidazole rings is 1. The number of nitrogens with zero attached hydrogens (tertiary/aromatic N) is 2. The molecule has 0 aromatic carbocycles. The molecule has 0 spiro atoms. The molecule has 88 valence electrons. The summed E-state index contributed by atoms with van der Waals surface area (Å²) in [7, 11) is 0. The molecule has 3 N–H and O–H groups in total. The van der Waals surface area contributed by atoms with Crippen molar-refractivity contribution in [3.05, 3.63) is 17.2 Å². The highest BCUT2D eigenvalue weighted by Crippen LogP contribution is 2.21. The molecule has 1 atom stereocenters. The molecule has 0 amide bonds. The van der Waals surface area contributed by atoms with E-state index in [1.54, 1.807) is 0 Å². The molecule has 0 bridgehead atoms. The normalized spacial score (nSPS) is 16.9. The number of carbonyl (C=O) groups is 1. The molecule has 0 fully saturated rings. The Morgan fingerprint density at radius 3 is 3.00 bits per heavy atom. The van der Waals surface area contributed by atoms with Crippen LogP contribution in [0.4, 0.5) is 0 Å². The third kappa shape index (κ3) is 1.95. The molecular formula is C11H17N3O2. The summed E-state index contributed by atoms with van der Waals surface area (Å²) in [5.74, 6) is -0.108. The Morgan fingerprint density at radius 1 is 1.62 bits per heavy atom. The molecule has 1 aromatic rings. The lowest BCUT2D eigenvalue weighted by molar-refractivity contribution is 0.0689. The Morgan fingerprint density at radius 2 is 2.38 bits per heavy atom. The smallest absolute Gasteiger partial charge is 0.356 e. The third-order valence-corrected chi connectivity index (χ3v) is 2.90. The molecule has 0 saturated heterocycles. The highest BCUT2D eigenvalue weighted by molar-refractivity contribution is 5.86. The van der Waals surface area contributed by atoms with Gasteiger partial charge in [-0.15, -0.1) is 0 Å². The van der Waals surface area contributed by atoms with Gasteiger partial charge >= 0.3 is 5.97 Å². The van der Waals surface area contributed by atoms with Gasteiger partial charge in [-0.2, -0.15) is 0 Å². The van der Waals surface area contributed by atoms with Gasteiger partial charge in [-0.3, -0.25) is 0 Å². The molecule has 0 saturated carbocycles. The maximum absolute atomic E-state index is 11.1. The number of hydrogen-bond acceptors (Lipinski definition) is 3. The lowest BCUT2D eigenvalue weighted by Gasteiger charge is -2.17. The minimum Gasteiger partial charge on any atom is -0.476 e. The number of hydrogen-bond donors (Lipinski definition) is 2. The van der Waals surface area contributed by atoms with Gasteiger partial charge in [-0.1, -0.05) is 0 Å². The Bertz CT molecular complexity index is 410. The largest absolute Gasteiger partial charge is 0.476 e. The second-order valence-corrected chi connectivity index (χ2v) is 4.42. The van der Waals surface area contributed by atoms with Crippen LogP contribution in [0.5, 0.6) is 0 Å². The van der Waals surface area contributed by atoms with E-state index in [1.165, 1.54) is 0 Å². The second-order valence-electron chi connectivity index (χ2n) is 4.42. The highest BCUT2D eigenvalue weighted by atomic mass is 16.4. The summed E-state index contributed by atoms with van der Waals surface area (Å²) < 4.78 is 2.04. The van der Waals surface area contributed by atoms with Gasteiger partial charge in [0.05, 0.1) is 5.69 Å². The number of aromatic carboxylic acids is 1. The fourth-order valence-electron chi connectivity index (χ4n) is 2.23. The van der Waals surface area contributed by atoms with E-state index in [9.17, 15) is 4.79 Å². The first kappa shape index (κ1) is 11.1. The van der Waals surface area contributed by atoms with Crippen LogP contribution in [0.3, 0.4) is 0 Å². The number of aromatic nitrogens is 2. The first-order valence-electron chi connectivity index (χ1n) is 5.66. The molecule has 0 aliphatic carbocycles. The van der Waals surface area contributed by atoms with Crippen LogP contribution in [0, 0.1) is 0 Å². The average Bonchev–Trinajstić information content (AvgIpc) is 2.57. The third-order valence-electron chi connectivity index (χ3n) is 2.90. The summed E-state index contributed by atoms with van der Waals surface area (Å²) in [5.41, 5.74) is 6.83. The van der Waals surface area contributed by atoms with E-state index in [1.807, 2.05) is 11.5 Å². The topological polar surface area (TPSA) is 81.1 Å². The first-order valence-corrected chi connectivity index (χ1v) is 5.66. The summed E-state index contributed by atoms with van der Waals surface area (Å²) in [5, 5.41) is 9.08. The maximum atomic E-state index is 11.1. The average molecular weight is 223 g/mol. The monoisotopic (exact) mass is 223 g/mol. The van der Waals surface area contributed by atoms with Crippen LogP contribution in [0.15, 0.2) is 0 Å². The number of nitrogens with two attached hydrogens (primary N) is 1. The zero-order chi connectivity index (χ0) is 11.7. The van der Waals surface area contributed by atoms with Crippen molar-refractivity contribution in [2.75, 3.05) is 0 Å². The Kier molecular flexibility index (Phi) is 2.96. The van der Waals surface area contributed by atoms with Gasteiger partial charge in [0.15, 0.2) is 5.69 Å². The molecule has 5 heteroatoms. The predicted molar refractivity (Wildman–Crippen MR) is 59.5 cm³/mol. The number of carboxylic acids is 1. The molecule has 1 unspecified atom stereocenters. The molecular weight excluding hydrogens is 206 g/mol. The van der Waals surface area contributed by atoms with Gasteiger partial charge in [0.25, 0.3) is 0 Å². The standard InChI is InChI=1S/C11H17N3O2/c1-7(12)6-9-13-10(11(15)16)8-4-2-3-5-14(8)9/h7H,2-6,12H2,1H3,(H,15,16). The van der Waals surface area contributed by atoms with Crippen molar-refractivity contribution in [3.63, 3.8) is 0 Å². The van der Waals surface area contributed by atoms with E-state index in [0.717, 1.165) is 37.3 Å². The molecule has 16 heavy (non-hydrogen) atoms. The fraction of sp³-hybridized carbons (Fsp3) is 0.636. The van der Waals surface area contributed by atoms with Crippen molar-refractivity contribution in [3.8, 4) is 0 Å². The fourth-order valence-corrected chi connectivity index (χ4v) is 2.23. The first-order chi connectivity index (χ1) is 7.59. The van der Waals surface area contributed by atoms with Crippen molar-refractivity contribution in [2.45, 2.75) is 45.2 Å². The molecule has 2 rings (SSSR count). The van der Waals surface area contributed by atoms with Gasteiger partial charge in [0.1, 0.15) is 5.82 Å². The summed E-state index contributed by atoms with van der Waals surface area (Å²) in [6.45, 7) is 2.78. The summed E-state index contributed by atoms with van der Waals surface area (Å²) in [6, 6.07) is 0.00933. The maximum Gasteiger partial charge on any atom is 0.356 e. The van der Waals surface area contributed by atoms with Crippen molar-refractivity contribution >= 4 is 5.97 Å². The van der Waals surface area contributed by atoms with Crippen LogP contribution in [0.25, 0.3) is 0 Å². The SMILES string of the molecule is CC(N)Cc1nc(C(=O)O)c2n1CCCC2. The van der Waals surface area contributed by atoms with Crippen LogP contribution >= 0.6 is 0 Å². The summed E-state index contributed by atoms with van der Waals surface area (Å²) in [6.07, 6.45) is 3.59. The van der Waals surface area contributed by atoms with Gasteiger partial charge in [-0.25, -0.2) is 9.78 Å². The molecule has 1 aromatic heterocycles. The minimum absolute atomic E-state index is 0.00933. The molecule has 0 radical (unpaired) electrons. The van der Waals surface area contributed by atoms with Crippen LogP contribution in [-0.4, -0.2) is 26.7 Å². The number of rotatable bonds is 3. The highest BCUT2D eigenvalue weighted by Gasteiger charge is 2.23. The van der Waals surface area contributed by atoms with Crippen LogP contribution in [0.1, 0.15) is 41.8 Å². The minimum atomic E-state index is -0.929. The van der Waals surface area contributed by atoms with Crippen molar-refractivity contribution < 1.29 is 9.90 Å². The van der Waals surface area contributed by atoms with E-state index in [2.05, 4.69) is 4.98 Å². The van der Waals surface area contributed by atoms with Gasteiger partial charge in [0, 0.05) is 19.0 Å². The van der Waals surface area contributed by atoms with E-state index >= 15 is 0 Å². The van der Waals surface area contributed by atoms with Crippen LogP contribution in [0.2, 0.25) is 0 Å². The molecule has 1 aliphatic rings. The van der Waals surface area contributed by atoms with Gasteiger partial charge in [-0.05, 0) is 26.2 Å². The quantitative estimate of drug-likeness (QED) is 0.794. The van der Waals surface area contributed by atoms with E-state index < -0.39 is 5.97 Å². The van der Waals surface area contributed by atoms with Gasteiger partial charge in [0.2, 0.25) is 0 Å². The van der Waals surface area contributed by atoms with Crippen LogP contribution in [-0.2, 0) is 19.4 Å². The summed E-state index contributed by atoms with van der Waals surface area (Å²) in [4.78, 5) is 15.3. The number of carboxylic acid groups (broad SMARTS) is 1. The zero-order valence-corrected chi connectivity index (χ0v) is 9.44. The Labute approximate surface area is 94.3 Å². The second kappa shape index (κ2) is 4.25. The molecule has 5 nitrogen and oxygen atoms in total. The molecule has 2 heterocycles. The van der Waals surface area contributed by atoms with Crippen molar-refractivity contribution in [1.29, 1.82) is 0 Å². The number of fused-ring (bicyclic) bond motifs is 1. The Balaban J connectivity index is 2.42. The van der Waals surface area contributed by atoms with E-state index in [4.69, 9.17) is 10.8 Å². The summed E-state index contributed by atoms with van der Waals surface area (Å²) >= 11 is 0. The molecule has 1 aliphatic heterocycles. The van der Waals surface area contributed by atoms with Crippen molar-refractivity contribution in [2.24, 2.45) is 5.73 Å². The lowest BCUT2D eigenvalue weighted by Crippen LogP contribution is -2.22. The van der Waals surface area contributed by atoms with E-state index in [0.29, 0.717) is 6.42 Å². The predicted octanol–water partition coefficient (Wildman–Crippen LogP) is 0.807. The van der Waals surface area contributed by atoms with Gasteiger partial charge < -0.3 is 15.4 Å². The van der Waals surface area contributed by atoms with Crippen molar-refractivity contribution in [1.82, 2.24) is 9.55 Å². The lowest BCUT2D eigenvalue weighted by atomic mass is 10.1. The van der Waals surface area contributed by atoms with E-state index in [-0.39, 0.29) is 11.7 Å². The zero-order valence-electron chi connectivity index (χ0n) is 9.44.